The molecule has 6 nitrogen and oxygen atoms in total. The second kappa shape index (κ2) is 8.86. The minimum Gasteiger partial charge on any atom is -0.489 e. The molecule has 0 aliphatic carbocycles. The lowest BCUT2D eigenvalue weighted by Gasteiger charge is -2.24. The van der Waals surface area contributed by atoms with Crippen molar-refractivity contribution in [3.05, 3.63) is 65.7 Å². The van der Waals surface area contributed by atoms with Gasteiger partial charge in [-0.25, -0.2) is 8.42 Å². The highest BCUT2D eigenvalue weighted by Crippen LogP contribution is 2.28. The van der Waals surface area contributed by atoms with Crippen molar-refractivity contribution in [2.75, 3.05) is 17.5 Å². The molecule has 0 unspecified atom stereocenters. The second-order valence-corrected chi connectivity index (χ2v) is 8.05. The Morgan fingerprint density at radius 1 is 1.23 bits per heavy atom. The van der Waals surface area contributed by atoms with Crippen LogP contribution in [-0.2, 0) is 14.8 Å². The normalized spacial score (nSPS) is 11.0. The summed E-state index contributed by atoms with van der Waals surface area (Å²) in [6, 6.07) is 12.7. The molecule has 2 aromatic carbocycles. The van der Waals surface area contributed by atoms with Crippen LogP contribution in [0.3, 0.4) is 0 Å². The minimum absolute atomic E-state index is 0.0727. The molecule has 2 rings (SSSR count). The Labute approximate surface area is 160 Å². The maximum absolute atomic E-state index is 13.0. The smallest absolute Gasteiger partial charge is 0.305 e. The standard InChI is InChI=1S/C18H18BrNO5S/c1-2-12-25-16-5-3-4-15(13-16)20(11-10-18(21)22)26(23,24)17-8-6-14(19)7-9-17/h2-9,13H,1,10-12H2,(H,21,22). The van der Waals surface area contributed by atoms with Crippen molar-refractivity contribution >= 4 is 37.6 Å². The van der Waals surface area contributed by atoms with Gasteiger partial charge in [-0.05, 0) is 36.4 Å². The van der Waals surface area contributed by atoms with E-state index in [0.29, 0.717) is 11.4 Å². The SMILES string of the molecule is C=CCOc1cccc(N(CCC(=O)O)S(=O)(=O)c2ccc(Br)cc2)c1. The van der Waals surface area contributed by atoms with Crippen LogP contribution in [0.4, 0.5) is 5.69 Å². The first-order valence-corrected chi connectivity index (χ1v) is 9.92. The lowest BCUT2D eigenvalue weighted by atomic mass is 10.3. The summed E-state index contributed by atoms with van der Waals surface area (Å²) in [7, 11) is -3.93. The molecule has 0 fully saturated rings. The van der Waals surface area contributed by atoms with Gasteiger partial charge in [-0.3, -0.25) is 9.10 Å². The minimum atomic E-state index is -3.93. The Morgan fingerprint density at radius 3 is 2.54 bits per heavy atom. The van der Waals surface area contributed by atoms with Crippen LogP contribution in [0.15, 0.2) is 70.6 Å². The highest BCUT2D eigenvalue weighted by molar-refractivity contribution is 9.10. The number of aliphatic carboxylic acids is 1. The second-order valence-electron chi connectivity index (χ2n) is 5.27. The van der Waals surface area contributed by atoms with E-state index in [9.17, 15) is 13.2 Å². The number of hydrogen-bond acceptors (Lipinski definition) is 4. The van der Waals surface area contributed by atoms with Crippen LogP contribution in [0, 0.1) is 0 Å². The Kier molecular flexibility index (Phi) is 6.82. The Bertz CT molecular complexity index is 881. The van der Waals surface area contributed by atoms with Gasteiger partial charge >= 0.3 is 5.97 Å². The summed E-state index contributed by atoms with van der Waals surface area (Å²) < 4.78 is 33.3. The zero-order chi connectivity index (χ0) is 19.2. The predicted octanol–water partition coefficient (Wildman–Crippen LogP) is 3.68. The van der Waals surface area contributed by atoms with Crippen LogP contribution < -0.4 is 9.04 Å². The number of carbonyl (C=O) groups is 1. The van der Waals surface area contributed by atoms with E-state index in [-0.39, 0.29) is 24.5 Å². The molecular formula is C18H18BrNO5S. The number of nitrogens with zero attached hydrogens (tertiary/aromatic N) is 1. The third-order valence-corrected chi connectivity index (χ3v) is 5.77. The van der Waals surface area contributed by atoms with E-state index in [4.69, 9.17) is 9.84 Å². The summed E-state index contributed by atoms with van der Waals surface area (Å²) in [6.07, 6.45) is 1.25. The highest BCUT2D eigenvalue weighted by Gasteiger charge is 2.25. The molecule has 0 radical (unpaired) electrons. The van der Waals surface area contributed by atoms with Crippen LogP contribution in [0.2, 0.25) is 0 Å². The molecule has 0 spiro atoms. The summed E-state index contributed by atoms with van der Waals surface area (Å²) in [5, 5.41) is 8.99. The van der Waals surface area contributed by atoms with Gasteiger partial charge in [0.2, 0.25) is 0 Å². The number of carboxylic acids is 1. The quantitative estimate of drug-likeness (QED) is 0.602. The monoisotopic (exact) mass is 439 g/mol. The van der Waals surface area contributed by atoms with E-state index < -0.39 is 16.0 Å². The molecule has 0 atom stereocenters. The molecule has 8 heteroatoms. The van der Waals surface area contributed by atoms with Crippen molar-refractivity contribution in [3.63, 3.8) is 0 Å². The van der Waals surface area contributed by atoms with Gasteiger partial charge in [-0.2, -0.15) is 0 Å². The van der Waals surface area contributed by atoms with E-state index in [1.165, 1.54) is 12.1 Å². The number of benzene rings is 2. The maximum atomic E-state index is 13.0. The molecule has 0 saturated carbocycles. The first-order valence-electron chi connectivity index (χ1n) is 7.68. The molecule has 2 aromatic rings. The van der Waals surface area contributed by atoms with E-state index in [1.807, 2.05) is 0 Å². The molecule has 0 aliphatic heterocycles. The number of anilines is 1. The molecule has 0 saturated heterocycles. The molecule has 0 amide bonds. The maximum Gasteiger partial charge on any atom is 0.305 e. The Hall–Kier alpha value is -2.32. The molecule has 0 aliphatic rings. The number of hydrogen-bond donors (Lipinski definition) is 1. The van der Waals surface area contributed by atoms with Gasteiger partial charge in [0, 0.05) is 17.1 Å². The van der Waals surface area contributed by atoms with Crippen molar-refractivity contribution < 1.29 is 23.1 Å². The van der Waals surface area contributed by atoms with Crippen molar-refractivity contribution in [2.45, 2.75) is 11.3 Å². The third kappa shape index (κ3) is 5.09. The van der Waals surface area contributed by atoms with Gasteiger partial charge in [0.1, 0.15) is 12.4 Å². The summed E-state index contributed by atoms with van der Waals surface area (Å²) in [5.74, 6) is -0.617. The van der Waals surface area contributed by atoms with Crippen LogP contribution in [-0.4, -0.2) is 32.6 Å². The van der Waals surface area contributed by atoms with E-state index in [2.05, 4.69) is 22.5 Å². The van der Waals surface area contributed by atoms with Gasteiger partial charge in [0.05, 0.1) is 17.0 Å². The fraction of sp³-hybridized carbons (Fsp3) is 0.167. The number of ether oxygens (including phenoxy) is 1. The first kappa shape index (κ1) is 20.0. The van der Waals surface area contributed by atoms with Crippen LogP contribution in [0.25, 0.3) is 0 Å². The summed E-state index contributed by atoms with van der Waals surface area (Å²) in [4.78, 5) is 11.1. The fourth-order valence-corrected chi connectivity index (χ4v) is 3.92. The summed E-state index contributed by atoms with van der Waals surface area (Å²) >= 11 is 3.27. The van der Waals surface area contributed by atoms with Gasteiger partial charge in [-0.1, -0.05) is 34.7 Å². The zero-order valence-electron chi connectivity index (χ0n) is 13.8. The van der Waals surface area contributed by atoms with E-state index in [0.717, 1.165) is 8.78 Å². The predicted molar refractivity (Wildman–Crippen MR) is 103 cm³/mol. The topological polar surface area (TPSA) is 83.9 Å². The van der Waals surface area contributed by atoms with Crippen molar-refractivity contribution in [2.24, 2.45) is 0 Å². The molecule has 138 valence electrons. The third-order valence-electron chi connectivity index (χ3n) is 3.40. The van der Waals surface area contributed by atoms with Gasteiger partial charge in [-0.15, -0.1) is 0 Å². The van der Waals surface area contributed by atoms with Crippen LogP contribution in [0.1, 0.15) is 6.42 Å². The lowest BCUT2D eigenvalue weighted by Crippen LogP contribution is -2.33. The lowest BCUT2D eigenvalue weighted by molar-refractivity contribution is -0.136. The van der Waals surface area contributed by atoms with Crippen molar-refractivity contribution in [3.8, 4) is 5.75 Å². The van der Waals surface area contributed by atoms with E-state index in [1.54, 1.807) is 42.5 Å². The Balaban J connectivity index is 2.44. The average Bonchev–Trinajstić information content (AvgIpc) is 2.60. The number of carboxylic acid groups (broad SMARTS) is 1. The Morgan fingerprint density at radius 2 is 1.92 bits per heavy atom. The van der Waals surface area contributed by atoms with Gasteiger partial charge < -0.3 is 9.84 Å². The van der Waals surface area contributed by atoms with Gasteiger partial charge in [0.25, 0.3) is 10.0 Å². The van der Waals surface area contributed by atoms with E-state index >= 15 is 0 Å². The van der Waals surface area contributed by atoms with Crippen molar-refractivity contribution in [1.29, 1.82) is 0 Å². The average molecular weight is 440 g/mol. The molecule has 0 aromatic heterocycles. The first-order chi connectivity index (χ1) is 12.3. The molecule has 26 heavy (non-hydrogen) atoms. The number of sulfonamides is 1. The number of rotatable bonds is 9. The largest absolute Gasteiger partial charge is 0.489 e. The molecule has 0 bridgehead atoms. The van der Waals surface area contributed by atoms with Crippen molar-refractivity contribution in [1.82, 2.24) is 0 Å². The fourth-order valence-electron chi connectivity index (χ4n) is 2.20. The van der Waals surface area contributed by atoms with Crippen LogP contribution >= 0.6 is 15.9 Å². The highest BCUT2D eigenvalue weighted by atomic mass is 79.9. The summed E-state index contributed by atoms with van der Waals surface area (Å²) in [6.45, 7) is 3.65. The van der Waals surface area contributed by atoms with Crippen LogP contribution in [0.5, 0.6) is 5.75 Å². The summed E-state index contributed by atoms with van der Waals surface area (Å²) in [5.41, 5.74) is 0.329. The zero-order valence-corrected chi connectivity index (χ0v) is 16.2. The number of halogens is 1. The van der Waals surface area contributed by atoms with Gasteiger partial charge in [0.15, 0.2) is 0 Å². The molecule has 0 heterocycles. The molecule has 1 N–H and O–H groups in total. The molecular weight excluding hydrogens is 422 g/mol.